The molecule has 0 radical (unpaired) electrons. The number of carbonyl (C=O) groups is 7. The molecule has 26 nitrogen and oxygen atoms in total. The molecule has 2 unspecified atom stereocenters. The van der Waals surface area contributed by atoms with E-state index in [9.17, 15) is 33.6 Å². The van der Waals surface area contributed by atoms with Crippen LogP contribution in [0.15, 0.2) is 152 Å². The van der Waals surface area contributed by atoms with E-state index in [0.717, 1.165) is 284 Å². The molecule has 7 aromatic carbocycles. The molecule has 6 N–H and O–H groups in total. The van der Waals surface area contributed by atoms with E-state index in [-0.39, 0.29) is 76.7 Å². The molecule has 7 aliphatic heterocycles. The third-order valence-corrected chi connectivity index (χ3v) is 33.0. The minimum Gasteiger partial charge on any atom is -0.497 e. The van der Waals surface area contributed by atoms with E-state index in [0.29, 0.717) is 59.5 Å². The number of likely N-dealkylation sites (N-methyl/N-ethyl adjacent to an activating group) is 1. The lowest BCUT2D eigenvalue weighted by molar-refractivity contribution is -0.189. The van der Waals surface area contributed by atoms with E-state index in [1.807, 2.05) is 197 Å². The number of benzene rings is 7. The summed E-state index contributed by atoms with van der Waals surface area (Å²) in [6.45, 7) is 43.8. The highest BCUT2D eigenvalue weighted by Crippen LogP contribution is 2.58. The highest BCUT2D eigenvalue weighted by molar-refractivity contribution is 6.06. The van der Waals surface area contributed by atoms with Crippen LogP contribution in [-0.4, -0.2) is 239 Å². The summed E-state index contributed by atoms with van der Waals surface area (Å²) in [5.74, 6) is 3.58. The Kier molecular flexibility index (Phi) is 44.1. The SMILES string of the molecule is CN1CCN(Cc2ccc(C(=O)OC(C)(C)C3CCNCC3)cc2)CC1.COC(=O)C12CCC(C(=O)OC(C)(C)C3CCNCC3)(CC1)CC2.COC(Cc1ccccc1)C(C)C(=O)OC(C)(C)C1CCNCC1.COc1ccc(C(=O)OC(C)(C)C2CCNCC2)c2ccccc12.COc1ccc(CCCC(=O)OC(C)(C)C2CCNCC2)cc1.COc1ccc2cccc(CC(=O)OC(C)(C)C3CCNCC3)c2c1. The summed E-state index contributed by atoms with van der Waals surface area (Å²) in [6.07, 6.45) is 20.1. The number of esters is 7. The predicted molar refractivity (Wildman–Crippen MR) is 578 cm³/mol. The Morgan fingerprint density at radius 1 is 0.384 bits per heavy atom. The number of aryl methyl sites for hydroxylation is 1. The van der Waals surface area contributed by atoms with Crippen molar-refractivity contribution in [3.63, 3.8) is 0 Å². The van der Waals surface area contributed by atoms with Crippen LogP contribution in [0.2, 0.25) is 0 Å². The number of hydrogen-bond acceptors (Lipinski definition) is 26. The second-order valence-electron chi connectivity index (χ2n) is 45.1. The number of hydrogen-bond donors (Lipinski definition) is 6. The zero-order chi connectivity index (χ0) is 105. The van der Waals surface area contributed by atoms with Gasteiger partial charge in [0.05, 0.1) is 68.8 Å². The second kappa shape index (κ2) is 55.2. The maximum atomic E-state index is 13.0. The topological polar surface area (TPSA) is 300 Å². The Balaban J connectivity index is 0.000000167. The molecule has 7 heterocycles. The average Bonchev–Trinajstić information content (AvgIpc) is 0.738. The molecular weight excluding hydrogens is 1840 g/mol. The molecule has 3 aliphatic carbocycles. The van der Waals surface area contributed by atoms with Crippen LogP contribution in [-0.2, 0) is 87.7 Å². The van der Waals surface area contributed by atoms with Crippen LogP contribution < -0.4 is 46.1 Å². The summed E-state index contributed by atoms with van der Waals surface area (Å²) in [5.41, 5.74) is 2.60. The molecule has 3 saturated carbocycles. The number of nitrogens with one attached hydrogen (secondary N) is 6. The van der Waals surface area contributed by atoms with Gasteiger partial charge >= 0.3 is 41.8 Å². The molecule has 17 rings (SSSR count). The first kappa shape index (κ1) is 117. The monoisotopic (exact) mass is 2020 g/mol. The summed E-state index contributed by atoms with van der Waals surface area (Å²) >= 11 is 0. The largest absolute Gasteiger partial charge is 0.497 e. The molecule has 0 amide bonds. The Labute approximate surface area is 871 Å². The minimum absolute atomic E-state index is 0.0378. The van der Waals surface area contributed by atoms with Gasteiger partial charge in [0, 0.05) is 87.1 Å². The molecule has 0 aromatic heterocycles. The number of rotatable bonds is 32. The third kappa shape index (κ3) is 33.7. The van der Waals surface area contributed by atoms with Crippen LogP contribution >= 0.6 is 0 Å². The molecule has 7 saturated heterocycles. The van der Waals surface area contributed by atoms with Crippen LogP contribution in [0.1, 0.15) is 261 Å². The van der Waals surface area contributed by atoms with E-state index in [1.54, 1.807) is 34.5 Å². The highest BCUT2D eigenvalue weighted by Gasteiger charge is 2.58. The Hall–Kier alpha value is -9.61. The van der Waals surface area contributed by atoms with Crippen molar-refractivity contribution in [3.8, 4) is 17.2 Å². The molecule has 10 aliphatic rings. The molecule has 10 fully saturated rings. The van der Waals surface area contributed by atoms with Crippen molar-refractivity contribution in [1.82, 2.24) is 41.7 Å². The first-order valence-corrected chi connectivity index (χ1v) is 54.2. The standard InChI is InChI=1S/C21H33N3O2.C21H27NO3.C20H25NO3.C20H31NO3.C19H31NO4.C19H29NO3/c1-21(2,19-8-10-22-11-9-19)26-20(25)18-6-4-17(5-7-18)16-24-14-12-23(3)13-15-24;1-21(2,17-9-11-22-12-10-17)25-20(23)13-16-6-4-5-15-7-8-18(24-3)14-19(15)16;1-20(2,14-10-12-21-13-11-14)24-19(22)17-8-9-18(23-3)16-7-5-4-6-15(16)17;1-15(18(23-4)14-16-8-6-5-7-9-16)19(22)24-20(2,3)17-10-12-21-13-11-17;1-17(2,14-4-12-20-13-5-14)24-16(22)19-9-6-18(7-10-19,8-11-19)15(21)23-3;1-19(2,16-11-13-20-14-12-16)23-18(21)6-4-5-15-7-9-17(22-3)10-8-15/h4-7,19,22H,8-16H2,1-3H3;4-8,14,17,22H,9-13H2,1-3H3;4-9,14,21H,10-13H2,1-3H3;5-9,15,17-18,21H,10-14H2,1-4H3;14,20H,4-13H2,1-3H3;7-10,16,20H,4-6,11-14H2,1-3H3. The molecule has 26 heteroatoms. The summed E-state index contributed by atoms with van der Waals surface area (Å²) in [4.78, 5) is 92.8. The average molecular weight is 2020 g/mol. The lowest BCUT2D eigenvalue weighted by atomic mass is 9.53. The van der Waals surface area contributed by atoms with Gasteiger partial charge in [-0.1, -0.05) is 103 Å². The number of methoxy groups -OCH3 is 5. The van der Waals surface area contributed by atoms with Crippen molar-refractivity contribution in [3.05, 3.63) is 185 Å². The van der Waals surface area contributed by atoms with Gasteiger partial charge in [-0.2, -0.15) is 0 Å². The number of nitrogens with zero attached hydrogens (tertiary/aromatic N) is 2. The number of fused-ring (bicyclic) bond motifs is 5. The predicted octanol–water partition coefficient (Wildman–Crippen LogP) is 19.2. The van der Waals surface area contributed by atoms with Gasteiger partial charge in [0.25, 0.3) is 0 Å². The first-order valence-electron chi connectivity index (χ1n) is 54.2. The number of ether oxygens (including phenoxy) is 11. The lowest BCUT2D eigenvalue weighted by Gasteiger charge is -2.51. The van der Waals surface area contributed by atoms with Crippen molar-refractivity contribution >= 4 is 63.3 Å². The van der Waals surface area contributed by atoms with Crippen molar-refractivity contribution in [2.75, 3.05) is 147 Å². The van der Waals surface area contributed by atoms with Gasteiger partial charge in [-0.15, -0.1) is 0 Å². The molecule has 2 bridgehead atoms. The fourth-order valence-electron chi connectivity index (χ4n) is 22.7. The van der Waals surface area contributed by atoms with Crippen molar-refractivity contribution in [2.45, 2.75) is 284 Å². The van der Waals surface area contributed by atoms with Gasteiger partial charge in [0.2, 0.25) is 0 Å². The summed E-state index contributed by atoms with van der Waals surface area (Å²) in [6, 6.07) is 49.4. The zero-order valence-electron chi connectivity index (χ0n) is 91.6. The van der Waals surface area contributed by atoms with E-state index in [2.05, 4.69) is 86.9 Å². The quantitative estimate of drug-likeness (QED) is 0.0169. The zero-order valence-corrected chi connectivity index (χ0v) is 91.6. The molecule has 2 atom stereocenters. The van der Waals surface area contributed by atoms with Gasteiger partial charge in [0.15, 0.2) is 0 Å². The summed E-state index contributed by atoms with van der Waals surface area (Å²) in [5, 5.41) is 24.1. The van der Waals surface area contributed by atoms with Gasteiger partial charge in [-0.25, -0.2) is 9.59 Å². The second-order valence-corrected chi connectivity index (χ2v) is 45.1. The number of carbonyl (C=O) groups excluding carboxylic acids is 7. The van der Waals surface area contributed by atoms with Crippen LogP contribution in [0, 0.1) is 52.3 Å². The Morgan fingerprint density at radius 2 is 0.801 bits per heavy atom. The number of piperidine rings is 6. The molecule has 804 valence electrons. The number of piperazine rings is 1. The molecular formula is C120H176N8O18. The van der Waals surface area contributed by atoms with E-state index in [1.165, 1.54) is 23.8 Å². The van der Waals surface area contributed by atoms with Gasteiger partial charge < -0.3 is 88.9 Å². The third-order valence-electron chi connectivity index (χ3n) is 33.0. The normalized spacial score (nSPS) is 20.3. The van der Waals surface area contributed by atoms with E-state index < -0.39 is 28.0 Å². The Bertz CT molecular complexity index is 5210. The smallest absolute Gasteiger partial charge is 0.339 e. The lowest BCUT2D eigenvalue weighted by Crippen LogP contribution is -2.52. The maximum absolute atomic E-state index is 13.0. The van der Waals surface area contributed by atoms with E-state index in [4.69, 9.17) is 52.1 Å². The minimum atomic E-state index is -0.472. The van der Waals surface area contributed by atoms with Crippen LogP contribution in [0.3, 0.4) is 0 Å². The van der Waals surface area contributed by atoms with Gasteiger partial charge in [-0.3, -0.25) is 28.9 Å². The van der Waals surface area contributed by atoms with Crippen molar-refractivity contribution in [1.29, 1.82) is 0 Å². The summed E-state index contributed by atoms with van der Waals surface area (Å²) < 4.78 is 61.9. The van der Waals surface area contributed by atoms with Gasteiger partial charge in [0.1, 0.15) is 50.9 Å². The van der Waals surface area contributed by atoms with Crippen molar-refractivity contribution in [2.24, 2.45) is 52.3 Å². The van der Waals surface area contributed by atoms with Crippen LogP contribution in [0.5, 0.6) is 17.2 Å². The summed E-state index contributed by atoms with van der Waals surface area (Å²) in [7, 11) is 10.2. The fourth-order valence-corrected chi connectivity index (χ4v) is 22.7. The fraction of sp³-hybridized carbons (Fsp3) is 0.625. The van der Waals surface area contributed by atoms with Crippen LogP contribution in [0.4, 0.5) is 0 Å². The highest BCUT2D eigenvalue weighted by atomic mass is 16.6. The van der Waals surface area contributed by atoms with Gasteiger partial charge in [-0.05, 0) is 397 Å². The molecule has 7 aromatic rings. The Morgan fingerprint density at radius 3 is 1.26 bits per heavy atom. The van der Waals surface area contributed by atoms with E-state index >= 15 is 0 Å². The van der Waals surface area contributed by atoms with Crippen LogP contribution in [0.25, 0.3) is 21.5 Å². The maximum Gasteiger partial charge on any atom is 0.339 e. The first-order chi connectivity index (χ1) is 69.7. The molecule has 0 spiro atoms. The molecule has 146 heavy (non-hydrogen) atoms. The van der Waals surface area contributed by atoms with Crippen molar-refractivity contribution < 1.29 is 85.7 Å².